The van der Waals surface area contributed by atoms with E-state index in [0.29, 0.717) is 13.1 Å². The van der Waals surface area contributed by atoms with Crippen molar-refractivity contribution < 1.29 is 21.6 Å². The molecule has 0 saturated heterocycles. The molecule has 0 amide bonds. The van der Waals surface area contributed by atoms with Gasteiger partial charge in [0.15, 0.2) is 0 Å². The molecular formula is C23H48N6O5S2. The van der Waals surface area contributed by atoms with Gasteiger partial charge in [-0.05, 0) is 48.5 Å². The Bertz CT molecular complexity index is 987. The Morgan fingerprint density at radius 3 is 1.97 bits per heavy atom. The largest absolute Gasteiger partial charge is 0.373 e. The Kier molecular flexibility index (Phi) is 12.0. The lowest BCUT2D eigenvalue weighted by Crippen LogP contribution is -2.60. The zero-order valence-electron chi connectivity index (χ0n) is 23.5. The van der Waals surface area contributed by atoms with Crippen LogP contribution in [0, 0.1) is 0 Å². The molecule has 0 unspecified atom stereocenters. The molecule has 13 heteroatoms. The predicted octanol–water partition coefficient (Wildman–Crippen LogP) is 1.03. The minimum absolute atomic E-state index is 0.0860. The van der Waals surface area contributed by atoms with Crippen molar-refractivity contribution in [2.45, 2.75) is 71.6 Å². The fraction of sp³-hybridized carbons (Fsp3) is 0.870. The molecule has 0 saturated carbocycles. The number of aromatic nitrogens is 2. The highest BCUT2D eigenvalue weighted by molar-refractivity contribution is 7.89. The summed E-state index contributed by atoms with van der Waals surface area (Å²) >= 11 is 0. The molecule has 1 aromatic rings. The summed E-state index contributed by atoms with van der Waals surface area (Å²) in [6.07, 6.45) is 6.63. The van der Waals surface area contributed by atoms with Gasteiger partial charge >= 0.3 is 0 Å². The minimum atomic E-state index is -3.31. The summed E-state index contributed by atoms with van der Waals surface area (Å²) in [4.78, 5) is 11.9. The maximum atomic E-state index is 11.7. The van der Waals surface area contributed by atoms with Gasteiger partial charge in [0, 0.05) is 68.7 Å². The lowest BCUT2D eigenvalue weighted by molar-refractivity contribution is -0.0640. The molecule has 0 aliphatic rings. The van der Waals surface area contributed by atoms with E-state index in [2.05, 4.69) is 63.8 Å². The topological polar surface area (TPSA) is 137 Å². The van der Waals surface area contributed by atoms with Gasteiger partial charge in [0.25, 0.3) is 0 Å². The second-order valence-electron chi connectivity index (χ2n) is 11.6. The number of imidazole rings is 1. The summed E-state index contributed by atoms with van der Waals surface area (Å²) in [5.41, 5.74) is 0.0708. The van der Waals surface area contributed by atoms with Gasteiger partial charge in [0.2, 0.25) is 20.0 Å². The number of H-pyrrole nitrogens is 1. The van der Waals surface area contributed by atoms with Crippen molar-refractivity contribution in [3.63, 3.8) is 0 Å². The molecule has 0 atom stereocenters. The number of aromatic amines is 1. The summed E-state index contributed by atoms with van der Waals surface area (Å²) in [6.45, 7) is 18.1. The van der Waals surface area contributed by atoms with Crippen molar-refractivity contribution in [2.75, 3.05) is 58.4 Å². The van der Waals surface area contributed by atoms with E-state index in [1.807, 2.05) is 20.0 Å². The van der Waals surface area contributed by atoms with Gasteiger partial charge < -0.3 is 9.72 Å². The summed E-state index contributed by atoms with van der Waals surface area (Å²) in [6, 6.07) is 0. The Hall–Kier alpha value is -1.09. The first-order chi connectivity index (χ1) is 16.2. The number of nitrogens with one attached hydrogen (secondary N) is 3. The number of nitrogens with zero attached hydrogens (tertiary/aromatic N) is 3. The summed E-state index contributed by atoms with van der Waals surface area (Å²) < 4.78 is 57.1. The highest BCUT2D eigenvalue weighted by Crippen LogP contribution is 2.25. The van der Waals surface area contributed by atoms with E-state index < -0.39 is 25.6 Å². The summed E-state index contributed by atoms with van der Waals surface area (Å²) in [5.74, 6) is 0. The van der Waals surface area contributed by atoms with Crippen LogP contribution in [-0.4, -0.2) is 112 Å². The van der Waals surface area contributed by atoms with Crippen molar-refractivity contribution in [1.29, 1.82) is 0 Å². The smallest absolute Gasteiger partial charge is 0.208 e. The average Bonchev–Trinajstić information content (AvgIpc) is 3.18. The van der Waals surface area contributed by atoms with Gasteiger partial charge in [0.1, 0.15) is 0 Å². The van der Waals surface area contributed by atoms with Crippen LogP contribution in [0.3, 0.4) is 0 Å². The Balaban J connectivity index is 3.00. The molecule has 36 heavy (non-hydrogen) atoms. The van der Waals surface area contributed by atoms with Crippen LogP contribution in [0.1, 0.15) is 54.2 Å². The second-order valence-corrected chi connectivity index (χ2v) is 15.3. The van der Waals surface area contributed by atoms with Crippen molar-refractivity contribution in [3.05, 3.63) is 18.2 Å². The number of rotatable bonds is 17. The first kappa shape index (κ1) is 32.9. The first-order valence-electron chi connectivity index (χ1n) is 12.2. The van der Waals surface area contributed by atoms with E-state index in [-0.39, 0.29) is 30.8 Å². The van der Waals surface area contributed by atoms with E-state index in [1.54, 1.807) is 6.33 Å². The molecular weight excluding hydrogens is 504 g/mol. The molecule has 0 fully saturated rings. The summed E-state index contributed by atoms with van der Waals surface area (Å²) in [5, 5.41) is 0. The average molecular weight is 553 g/mol. The van der Waals surface area contributed by atoms with Gasteiger partial charge in [-0.25, -0.2) is 31.3 Å². The molecule has 0 aromatic carbocycles. The molecule has 0 aliphatic carbocycles. The van der Waals surface area contributed by atoms with Crippen molar-refractivity contribution in [2.24, 2.45) is 0 Å². The van der Waals surface area contributed by atoms with E-state index in [4.69, 9.17) is 4.74 Å². The van der Waals surface area contributed by atoms with Crippen LogP contribution in [0.25, 0.3) is 0 Å². The standard InChI is InChI=1S/C23H48N6O5S2/c1-21(2,3)28(13-10-20-16-24-19-25-20)17-22(4,5)29(14-11-26-35(8,30)31)18-23(6,7)34-15-12-27-36(9,32)33/h16,19,26-27H,10-15,17-18H2,1-9H3,(H,24,25). The van der Waals surface area contributed by atoms with Gasteiger partial charge in [-0.15, -0.1) is 0 Å². The molecule has 1 rings (SSSR count). The normalized spacial score (nSPS) is 14.2. The maximum absolute atomic E-state index is 11.7. The highest BCUT2D eigenvalue weighted by Gasteiger charge is 2.36. The van der Waals surface area contributed by atoms with Gasteiger partial charge in [-0.3, -0.25) is 9.80 Å². The molecule has 0 spiro atoms. The fourth-order valence-electron chi connectivity index (χ4n) is 3.92. The molecule has 0 radical (unpaired) electrons. The Morgan fingerprint density at radius 1 is 0.889 bits per heavy atom. The van der Waals surface area contributed by atoms with E-state index in [9.17, 15) is 16.8 Å². The first-order valence-corrected chi connectivity index (χ1v) is 16.0. The van der Waals surface area contributed by atoms with Crippen LogP contribution in [0.5, 0.6) is 0 Å². The quantitative estimate of drug-likeness (QED) is 0.244. The van der Waals surface area contributed by atoms with Gasteiger partial charge in [-0.1, -0.05) is 0 Å². The molecule has 1 heterocycles. The minimum Gasteiger partial charge on any atom is -0.373 e. The van der Waals surface area contributed by atoms with Crippen LogP contribution >= 0.6 is 0 Å². The summed E-state index contributed by atoms with van der Waals surface area (Å²) in [7, 11) is -6.59. The highest BCUT2D eigenvalue weighted by atomic mass is 32.2. The second kappa shape index (κ2) is 13.1. The third-order valence-corrected chi connectivity index (χ3v) is 7.32. The molecule has 0 bridgehead atoms. The van der Waals surface area contributed by atoms with E-state index in [0.717, 1.165) is 37.7 Å². The Labute approximate surface area is 218 Å². The maximum Gasteiger partial charge on any atom is 0.208 e. The predicted molar refractivity (Wildman–Crippen MR) is 145 cm³/mol. The van der Waals surface area contributed by atoms with Gasteiger partial charge in [-0.2, -0.15) is 0 Å². The number of sulfonamides is 2. The molecule has 3 N–H and O–H groups in total. The third-order valence-electron chi connectivity index (χ3n) is 5.87. The SMILES string of the molecule is CC(C)(CN(CCNS(C)(=O)=O)C(C)(C)CN(CCc1cnc[nH]1)C(C)(C)C)OCCNS(C)(=O)=O. The van der Waals surface area contributed by atoms with E-state index in [1.165, 1.54) is 0 Å². The monoisotopic (exact) mass is 552 g/mol. The lowest BCUT2D eigenvalue weighted by atomic mass is 9.95. The van der Waals surface area contributed by atoms with Crippen LogP contribution in [0.15, 0.2) is 12.5 Å². The zero-order chi connectivity index (χ0) is 27.8. The zero-order valence-corrected chi connectivity index (χ0v) is 25.1. The van der Waals surface area contributed by atoms with E-state index >= 15 is 0 Å². The number of hydrogen-bond donors (Lipinski definition) is 3. The number of ether oxygens (including phenoxy) is 1. The third kappa shape index (κ3) is 14.0. The molecule has 212 valence electrons. The Morgan fingerprint density at radius 2 is 1.47 bits per heavy atom. The number of hydrogen-bond acceptors (Lipinski definition) is 8. The van der Waals surface area contributed by atoms with Gasteiger partial charge in [0.05, 0.1) is 31.0 Å². The van der Waals surface area contributed by atoms with Crippen molar-refractivity contribution in [3.8, 4) is 0 Å². The van der Waals surface area contributed by atoms with Crippen molar-refractivity contribution in [1.82, 2.24) is 29.2 Å². The molecule has 0 aliphatic heterocycles. The van der Waals surface area contributed by atoms with Crippen LogP contribution in [0.4, 0.5) is 0 Å². The van der Waals surface area contributed by atoms with Crippen molar-refractivity contribution >= 4 is 20.0 Å². The fourth-order valence-corrected chi connectivity index (χ4v) is 4.83. The van der Waals surface area contributed by atoms with Crippen LogP contribution in [0.2, 0.25) is 0 Å². The van der Waals surface area contributed by atoms with Crippen LogP contribution < -0.4 is 9.44 Å². The molecule has 11 nitrogen and oxygen atoms in total. The van der Waals surface area contributed by atoms with Crippen LogP contribution in [-0.2, 0) is 31.2 Å². The lowest BCUT2D eigenvalue weighted by Gasteiger charge is -2.48. The molecule has 1 aromatic heterocycles.